The van der Waals surface area contributed by atoms with E-state index in [0.29, 0.717) is 32.3 Å². The average molecular weight is 569 g/mol. The number of benzene rings is 3. The number of nitrogens with zero attached hydrogens (tertiary/aromatic N) is 2. The molecule has 0 bridgehead atoms. The first-order valence-corrected chi connectivity index (χ1v) is 13.9. The molecule has 1 aliphatic carbocycles. The highest BCUT2D eigenvalue weighted by Gasteiger charge is 2.33. The second-order valence-corrected chi connectivity index (χ2v) is 10.7. The summed E-state index contributed by atoms with van der Waals surface area (Å²) in [6.07, 6.45) is 3.47. The third-order valence-electron chi connectivity index (χ3n) is 7.34. The normalized spacial score (nSPS) is 15.8. The van der Waals surface area contributed by atoms with Gasteiger partial charge in [0.1, 0.15) is 0 Å². The van der Waals surface area contributed by atoms with Crippen LogP contribution in [0.5, 0.6) is 23.0 Å². The summed E-state index contributed by atoms with van der Waals surface area (Å²) in [4.78, 5) is 31.2. The molecule has 9 heteroatoms. The Morgan fingerprint density at radius 3 is 2.41 bits per heavy atom. The monoisotopic (exact) mass is 568 g/mol. The highest BCUT2D eigenvalue weighted by molar-refractivity contribution is 7.07. The van der Waals surface area contributed by atoms with Gasteiger partial charge in [0.2, 0.25) is 0 Å². The summed E-state index contributed by atoms with van der Waals surface area (Å²) in [5.74, 6) is 1.50. The van der Waals surface area contributed by atoms with Gasteiger partial charge in [-0.2, -0.15) is 0 Å². The number of rotatable bonds is 6. The second-order valence-electron chi connectivity index (χ2n) is 9.73. The van der Waals surface area contributed by atoms with Crippen LogP contribution in [0.15, 0.2) is 76.0 Å². The fraction of sp³-hybridized carbons (Fsp3) is 0.219. The minimum absolute atomic E-state index is 0.137. The fourth-order valence-electron chi connectivity index (χ4n) is 5.51. The quantitative estimate of drug-likeness (QED) is 0.255. The third kappa shape index (κ3) is 4.72. The number of carbonyl (C=O) groups excluding carboxylic acids is 1. The summed E-state index contributed by atoms with van der Waals surface area (Å²) < 4.78 is 24.1. The molecule has 0 saturated heterocycles. The second kappa shape index (κ2) is 10.7. The van der Waals surface area contributed by atoms with Crippen molar-refractivity contribution in [2.45, 2.75) is 25.8 Å². The summed E-state index contributed by atoms with van der Waals surface area (Å²) >= 11 is 1.34. The van der Waals surface area contributed by atoms with Crippen molar-refractivity contribution in [1.82, 2.24) is 4.57 Å². The van der Waals surface area contributed by atoms with Crippen LogP contribution in [0.4, 0.5) is 0 Å². The van der Waals surface area contributed by atoms with E-state index in [1.54, 1.807) is 37.0 Å². The lowest BCUT2D eigenvalue weighted by atomic mass is 9.83. The Kier molecular flexibility index (Phi) is 6.96. The fourth-order valence-corrected chi connectivity index (χ4v) is 6.51. The maximum Gasteiger partial charge on any atom is 0.308 e. The molecule has 2 aliphatic rings. The van der Waals surface area contributed by atoms with Gasteiger partial charge in [0, 0.05) is 12.5 Å². The molecule has 0 unspecified atom stereocenters. The Morgan fingerprint density at radius 1 is 0.927 bits per heavy atom. The Balaban J connectivity index is 1.56. The summed E-state index contributed by atoms with van der Waals surface area (Å²) in [7, 11) is 4.72. The molecule has 1 atom stereocenters. The van der Waals surface area contributed by atoms with Gasteiger partial charge in [-0.15, -0.1) is 0 Å². The zero-order chi connectivity index (χ0) is 28.7. The lowest BCUT2D eigenvalue weighted by Gasteiger charge is -2.31. The zero-order valence-corrected chi connectivity index (χ0v) is 23.9. The number of hydrogen-bond donors (Lipinski definition) is 0. The van der Waals surface area contributed by atoms with Gasteiger partial charge >= 0.3 is 5.97 Å². The van der Waals surface area contributed by atoms with Crippen LogP contribution in [0, 0.1) is 0 Å². The molecular formula is C32H28N2O6S. The van der Waals surface area contributed by atoms with Gasteiger partial charge in [0.15, 0.2) is 27.8 Å². The van der Waals surface area contributed by atoms with Crippen molar-refractivity contribution in [3.63, 3.8) is 0 Å². The highest BCUT2D eigenvalue weighted by atomic mass is 32.1. The van der Waals surface area contributed by atoms with Gasteiger partial charge in [-0.3, -0.25) is 14.2 Å². The first kappa shape index (κ1) is 26.6. The third-order valence-corrected chi connectivity index (χ3v) is 8.32. The molecule has 6 rings (SSSR count). The van der Waals surface area contributed by atoms with E-state index in [1.807, 2.05) is 36.4 Å². The van der Waals surface area contributed by atoms with Crippen LogP contribution in [-0.2, 0) is 11.2 Å². The Bertz CT molecular complexity index is 1900. The van der Waals surface area contributed by atoms with Crippen molar-refractivity contribution in [1.29, 1.82) is 0 Å². The molecule has 208 valence electrons. The van der Waals surface area contributed by atoms with Crippen molar-refractivity contribution >= 4 is 29.1 Å². The lowest BCUT2D eigenvalue weighted by Crippen LogP contribution is -2.38. The topological polar surface area (TPSA) is 88.4 Å². The molecule has 0 radical (unpaired) electrons. The average Bonchev–Trinajstić information content (AvgIpc) is 3.30. The van der Waals surface area contributed by atoms with Crippen LogP contribution in [0.3, 0.4) is 0 Å². The first-order valence-electron chi connectivity index (χ1n) is 13.1. The molecule has 0 fully saturated rings. The number of esters is 1. The smallest absolute Gasteiger partial charge is 0.308 e. The van der Waals surface area contributed by atoms with Crippen molar-refractivity contribution in [3.05, 3.63) is 108 Å². The van der Waals surface area contributed by atoms with Gasteiger partial charge in [-0.1, -0.05) is 47.7 Å². The Labute approximate surface area is 240 Å². The van der Waals surface area contributed by atoms with Crippen LogP contribution in [0.2, 0.25) is 0 Å². The Morgan fingerprint density at radius 2 is 1.66 bits per heavy atom. The number of allylic oxidation sites excluding steroid dienone is 1. The molecule has 0 saturated carbocycles. The minimum Gasteiger partial charge on any atom is -0.493 e. The van der Waals surface area contributed by atoms with Crippen LogP contribution in [-0.4, -0.2) is 31.9 Å². The predicted octanol–water partition coefficient (Wildman–Crippen LogP) is 4.27. The summed E-state index contributed by atoms with van der Waals surface area (Å²) in [6, 6.07) is 18.9. The van der Waals surface area contributed by atoms with E-state index in [2.05, 4.69) is 12.1 Å². The molecule has 1 aromatic heterocycles. The molecule has 2 heterocycles. The molecule has 1 aliphatic heterocycles. The summed E-state index contributed by atoms with van der Waals surface area (Å²) in [6.45, 7) is 1.33. The van der Waals surface area contributed by atoms with E-state index < -0.39 is 5.97 Å². The Hall–Kier alpha value is -4.63. The van der Waals surface area contributed by atoms with Crippen molar-refractivity contribution in [3.8, 4) is 23.0 Å². The maximum atomic E-state index is 14.1. The summed E-state index contributed by atoms with van der Waals surface area (Å²) in [5.41, 5.74) is 5.89. The number of hydrogen-bond acceptors (Lipinski definition) is 8. The van der Waals surface area contributed by atoms with Crippen LogP contribution in [0.25, 0.3) is 11.8 Å². The standard InChI is InChI=1S/C32H28N2O6S/c1-18(35)40-25-13-9-19(15-26(25)38-3)16-28-31(36)34-30(21-11-14-24(37-2)27(17-21)39-4)23-12-10-20-7-5-6-8-22(20)29(23)33-32(34)41-28/h5-9,11,13-17,30H,10,12H2,1-4H3/b28-16-/t30-/m0/s1. The molecule has 0 N–H and O–H groups in total. The van der Waals surface area contributed by atoms with E-state index in [1.165, 1.54) is 30.9 Å². The van der Waals surface area contributed by atoms with Crippen LogP contribution in [0.1, 0.15) is 41.6 Å². The van der Waals surface area contributed by atoms with E-state index >= 15 is 0 Å². The van der Waals surface area contributed by atoms with Gasteiger partial charge in [-0.05, 0) is 65.4 Å². The van der Waals surface area contributed by atoms with Gasteiger partial charge in [0.05, 0.1) is 37.6 Å². The number of fused-ring (bicyclic) bond motifs is 3. The summed E-state index contributed by atoms with van der Waals surface area (Å²) in [5, 5.41) is 0. The SMILES string of the molecule is COc1ccc([C@H]2C3=C(N=c4s/c(=C\c5ccc(OC(C)=O)c(OC)c5)c(=O)n42)c2ccccc2CC3)cc1OC. The van der Waals surface area contributed by atoms with E-state index in [9.17, 15) is 9.59 Å². The molecule has 3 aromatic carbocycles. The van der Waals surface area contributed by atoms with Crippen molar-refractivity contribution in [2.24, 2.45) is 4.99 Å². The van der Waals surface area contributed by atoms with Crippen LogP contribution < -0.4 is 33.8 Å². The van der Waals surface area contributed by atoms with E-state index in [0.717, 1.165) is 40.8 Å². The highest BCUT2D eigenvalue weighted by Crippen LogP contribution is 2.42. The number of carbonyl (C=O) groups is 1. The molecular weight excluding hydrogens is 540 g/mol. The maximum absolute atomic E-state index is 14.1. The number of methoxy groups -OCH3 is 3. The zero-order valence-electron chi connectivity index (χ0n) is 23.1. The number of aryl methyl sites for hydroxylation is 1. The molecule has 0 spiro atoms. The van der Waals surface area contributed by atoms with Gasteiger partial charge in [0.25, 0.3) is 5.56 Å². The van der Waals surface area contributed by atoms with E-state index in [-0.39, 0.29) is 11.6 Å². The molecule has 41 heavy (non-hydrogen) atoms. The lowest BCUT2D eigenvalue weighted by molar-refractivity contribution is -0.132. The predicted molar refractivity (Wildman–Crippen MR) is 157 cm³/mol. The first-order chi connectivity index (χ1) is 19.9. The molecule has 4 aromatic rings. The number of thiazole rings is 1. The number of aromatic nitrogens is 1. The van der Waals surface area contributed by atoms with Gasteiger partial charge < -0.3 is 18.9 Å². The van der Waals surface area contributed by atoms with Crippen molar-refractivity contribution in [2.75, 3.05) is 21.3 Å². The molecule has 0 amide bonds. The van der Waals surface area contributed by atoms with Crippen LogP contribution >= 0.6 is 11.3 Å². The minimum atomic E-state index is -0.440. The largest absolute Gasteiger partial charge is 0.493 e. The number of ether oxygens (including phenoxy) is 4. The van der Waals surface area contributed by atoms with Gasteiger partial charge in [-0.25, -0.2) is 4.99 Å². The van der Waals surface area contributed by atoms with Crippen molar-refractivity contribution < 1.29 is 23.7 Å². The molecule has 8 nitrogen and oxygen atoms in total. The van der Waals surface area contributed by atoms with E-state index in [4.69, 9.17) is 23.9 Å².